The molecule has 0 radical (unpaired) electrons. The molecular weight excluding hydrogens is 362 g/mol. The van der Waals surface area contributed by atoms with Gasteiger partial charge in [-0.05, 0) is 56.4 Å². The highest BCUT2D eigenvalue weighted by atomic mass is 35.5. The van der Waals surface area contributed by atoms with Gasteiger partial charge in [-0.2, -0.15) is 0 Å². The molecule has 2 N–H and O–H groups in total. The Hall–Kier alpha value is -2.53. The van der Waals surface area contributed by atoms with Crippen LogP contribution in [-0.2, 0) is 0 Å². The van der Waals surface area contributed by atoms with E-state index in [-0.39, 0.29) is 5.91 Å². The Morgan fingerprint density at radius 1 is 1.37 bits per heavy atom. The van der Waals surface area contributed by atoms with E-state index < -0.39 is 0 Å². The Bertz CT molecular complexity index is 1010. The maximum absolute atomic E-state index is 12.8. The second-order valence-electron chi connectivity index (χ2n) is 7.17. The molecule has 0 unspecified atom stereocenters. The van der Waals surface area contributed by atoms with E-state index in [9.17, 15) is 4.79 Å². The minimum Gasteiger partial charge on any atom is -0.437 e. The molecular formula is C21H22ClN3O2. The van der Waals surface area contributed by atoms with Crippen molar-refractivity contribution in [2.75, 3.05) is 6.54 Å². The summed E-state index contributed by atoms with van der Waals surface area (Å²) < 4.78 is 5.94. The zero-order valence-corrected chi connectivity index (χ0v) is 16.2. The lowest BCUT2D eigenvalue weighted by molar-refractivity contribution is 0.0940. The Balaban J connectivity index is 1.68. The third-order valence-corrected chi connectivity index (χ3v) is 5.56. The van der Waals surface area contributed by atoms with Crippen LogP contribution >= 0.6 is 11.6 Å². The number of aromatic nitrogens is 2. The van der Waals surface area contributed by atoms with Crippen LogP contribution in [0.15, 0.2) is 30.5 Å². The summed E-state index contributed by atoms with van der Waals surface area (Å²) in [4.78, 5) is 20.5. The lowest BCUT2D eigenvalue weighted by Gasteiger charge is -2.25. The molecule has 5 nitrogen and oxygen atoms in total. The maximum Gasteiger partial charge on any atom is 0.253 e. The van der Waals surface area contributed by atoms with E-state index in [1.807, 2.05) is 26.0 Å². The van der Waals surface area contributed by atoms with Crippen molar-refractivity contribution in [2.24, 2.45) is 5.92 Å². The van der Waals surface area contributed by atoms with Crippen LogP contribution in [0, 0.1) is 19.8 Å². The number of benzene rings is 1. The number of pyridine rings is 1. The number of fused-ring (bicyclic) bond motifs is 1. The molecule has 4 rings (SSSR count). The molecule has 27 heavy (non-hydrogen) atoms. The van der Waals surface area contributed by atoms with Crippen LogP contribution in [0.1, 0.15) is 40.9 Å². The first-order valence-corrected chi connectivity index (χ1v) is 9.60. The predicted molar refractivity (Wildman–Crippen MR) is 107 cm³/mol. The molecule has 140 valence electrons. The van der Waals surface area contributed by atoms with Gasteiger partial charge >= 0.3 is 0 Å². The van der Waals surface area contributed by atoms with Gasteiger partial charge in [0.1, 0.15) is 11.3 Å². The molecule has 3 aromatic rings. The van der Waals surface area contributed by atoms with Crippen LogP contribution in [0.25, 0.3) is 10.9 Å². The predicted octanol–water partition coefficient (Wildman–Crippen LogP) is 5.16. The molecule has 0 aliphatic heterocycles. The first kappa shape index (κ1) is 17.9. The van der Waals surface area contributed by atoms with Crippen molar-refractivity contribution in [3.05, 3.63) is 52.3 Å². The van der Waals surface area contributed by atoms with Gasteiger partial charge in [0.05, 0.1) is 5.56 Å². The Morgan fingerprint density at radius 3 is 2.89 bits per heavy atom. The lowest BCUT2D eigenvalue weighted by atomic mass is 9.85. The summed E-state index contributed by atoms with van der Waals surface area (Å²) in [5.74, 6) is 1.55. The van der Waals surface area contributed by atoms with E-state index in [2.05, 4.69) is 15.3 Å². The van der Waals surface area contributed by atoms with Crippen LogP contribution in [0.4, 0.5) is 0 Å². The number of nitrogens with zero attached hydrogens (tertiary/aromatic N) is 1. The smallest absolute Gasteiger partial charge is 0.253 e. The summed E-state index contributed by atoms with van der Waals surface area (Å²) in [7, 11) is 0. The van der Waals surface area contributed by atoms with Crippen molar-refractivity contribution in [1.29, 1.82) is 0 Å². The van der Waals surface area contributed by atoms with Crippen molar-refractivity contribution in [2.45, 2.75) is 33.1 Å². The first-order valence-electron chi connectivity index (χ1n) is 9.22. The normalized spacial score (nSPS) is 14.2. The molecule has 1 saturated carbocycles. The zero-order valence-electron chi connectivity index (χ0n) is 15.4. The van der Waals surface area contributed by atoms with Crippen LogP contribution in [-0.4, -0.2) is 22.4 Å². The maximum atomic E-state index is 12.8. The number of ether oxygens (including phenoxy) is 1. The van der Waals surface area contributed by atoms with E-state index in [4.69, 9.17) is 16.3 Å². The number of aromatic amines is 1. The summed E-state index contributed by atoms with van der Waals surface area (Å²) in [5.41, 5.74) is 3.31. The molecule has 1 amide bonds. The van der Waals surface area contributed by atoms with Gasteiger partial charge in [0.25, 0.3) is 5.91 Å². The van der Waals surface area contributed by atoms with Gasteiger partial charge in [0, 0.05) is 28.8 Å². The number of hydrogen-bond donors (Lipinski definition) is 2. The number of H-pyrrole nitrogens is 1. The van der Waals surface area contributed by atoms with Gasteiger partial charge < -0.3 is 15.0 Å². The van der Waals surface area contributed by atoms with E-state index in [0.717, 1.165) is 28.7 Å². The van der Waals surface area contributed by atoms with Gasteiger partial charge in [-0.15, -0.1) is 0 Å². The van der Waals surface area contributed by atoms with Crippen LogP contribution in [0.3, 0.4) is 0 Å². The van der Waals surface area contributed by atoms with Crippen molar-refractivity contribution >= 4 is 28.4 Å². The zero-order chi connectivity index (χ0) is 19.0. The molecule has 2 heterocycles. The van der Waals surface area contributed by atoms with Crippen molar-refractivity contribution in [3.8, 4) is 11.6 Å². The summed E-state index contributed by atoms with van der Waals surface area (Å²) in [5, 5.41) is 4.50. The van der Waals surface area contributed by atoms with Crippen LogP contribution < -0.4 is 10.1 Å². The summed E-state index contributed by atoms with van der Waals surface area (Å²) >= 11 is 6.04. The van der Waals surface area contributed by atoms with Gasteiger partial charge in [-0.25, -0.2) is 4.98 Å². The quantitative estimate of drug-likeness (QED) is 0.639. The second-order valence-corrected chi connectivity index (χ2v) is 7.60. The highest BCUT2D eigenvalue weighted by molar-refractivity contribution is 6.30. The van der Waals surface area contributed by atoms with Crippen LogP contribution in [0.2, 0.25) is 5.02 Å². The highest BCUT2D eigenvalue weighted by Gasteiger charge is 2.22. The number of rotatable bonds is 5. The minimum absolute atomic E-state index is 0.0872. The Labute approximate surface area is 163 Å². The minimum atomic E-state index is -0.0872. The van der Waals surface area contributed by atoms with Gasteiger partial charge in [0.2, 0.25) is 5.88 Å². The molecule has 1 aliphatic rings. The number of halogens is 1. The van der Waals surface area contributed by atoms with Crippen molar-refractivity contribution < 1.29 is 9.53 Å². The Kier molecular flexibility index (Phi) is 4.79. The molecule has 0 spiro atoms. The highest BCUT2D eigenvalue weighted by Crippen LogP contribution is 2.33. The van der Waals surface area contributed by atoms with Gasteiger partial charge in [-0.3, -0.25) is 4.79 Å². The van der Waals surface area contributed by atoms with E-state index in [1.54, 1.807) is 18.3 Å². The molecule has 1 aliphatic carbocycles. The summed E-state index contributed by atoms with van der Waals surface area (Å²) in [6, 6.07) is 7.16. The molecule has 0 bridgehead atoms. The summed E-state index contributed by atoms with van der Waals surface area (Å²) in [6.45, 7) is 4.71. The van der Waals surface area contributed by atoms with E-state index in [0.29, 0.717) is 28.1 Å². The van der Waals surface area contributed by atoms with Gasteiger partial charge in [0.15, 0.2) is 0 Å². The second kappa shape index (κ2) is 7.24. The number of amides is 1. The standard InChI is InChI=1S/C21H22ClN3O2/c1-12-13(2)25-19-18(12)17(20(26)23-10-14-5-3-6-14)11-24-21(19)27-16-8-4-7-15(22)9-16/h4,7-9,11,14,25H,3,5-6,10H2,1-2H3,(H,23,26). The molecule has 0 saturated heterocycles. The third-order valence-electron chi connectivity index (χ3n) is 5.33. The number of carbonyl (C=O) groups excluding carboxylic acids is 1. The third kappa shape index (κ3) is 3.52. The lowest BCUT2D eigenvalue weighted by Crippen LogP contribution is -2.32. The SMILES string of the molecule is Cc1[nH]c2c(Oc3cccc(Cl)c3)ncc(C(=O)NCC3CCC3)c2c1C. The molecule has 6 heteroatoms. The van der Waals surface area contributed by atoms with Crippen molar-refractivity contribution in [3.63, 3.8) is 0 Å². The molecule has 1 aromatic carbocycles. The average molecular weight is 384 g/mol. The number of carbonyl (C=O) groups is 1. The number of nitrogens with one attached hydrogen (secondary N) is 2. The van der Waals surface area contributed by atoms with Gasteiger partial charge in [-0.1, -0.05) is 24.1 Å². The fraction of sp³-hybridized carbons (Fsp3) is 0.333. The number of hydrogen-bond acceptors (Lipinski definition) is 3. The Morgan fingerprint density at radius 2 is 2.19 bits per heavy atom. The fourth-order valence-corrected chi connectivity index (χ4v) is 3.57. The van der Waals surface area contributed by atoms with Crippen molar-refractivity contribution in [1.82, 2.24) is 15.3 Å². The van der Waals surface area contributed by atoms with Crippen LogP contribution in [0.5, 0.6) is 11.6 Å². The van der Waals surface area contributed by atoms with E-state index >= 15 is 0 Å². The largest absolute Gasteiger partial charge is 0.437 e. The molecule has 0 atom stereocenters. The fourth-order valence-electron chi connectivity index (χ4n) is 3.39. The number of aryl methyl sites for hydroxylation is 2. The topological polar surface area (TPSA) is 67.0 Å². The molecule has 1 fully saturated rings. The first-order chi connectivity index (χ1) is 13.0. The summed E-state index contributed by atoms with van der Waals surface area (Å²) in [6.07, 6.45) is 5.25. The van der Waals surface area contributed by atoms with E-state index in [1.165, 1.54) is 19.3 Å². The monoisotopic (exact) mass is 383 g/mol. The average Bonchev–Trinajstić information content (AvgIpc) is 2.90. The molecule has 2 aromatic heterocycles.